The molecule has 0 aromatic heterocycles. The maximum Gasteiger partial charge on any atom is 0.288 e. The van der Waals surface area contributed by atoms with Crippen LogP contribution in [0.25, 0.3) is 0 Å². The predicted molar refractivity (Wildman–Crippen MR) is 51.4 cm³/mol. The fraction of sp³-hybridized carbons (Fsp3) is 0.571. The van der Waals surface area contributed by atoms with E-state index in [1.165, 1.54) is 0 Å². The number of carbonyl (C=O) groups is 3. The Morgan fingerprint density at radius 1 is 1.57 bits per heavy atom. The lowest BCUT2D eigenvalue weighted by Crippen LogP contribution is -2.50. The van der Waals surface area contributed by atoms with Crippen LogP contribution in [0, 0.1) is 0 Å². The molecule has 1 unspecified atom stereocenters. The molecule has 4 N–H and O–H groups in total. The molecule has 1 aliphatic heterocycles. The highest BCUT2D eigenvalue weighted by Gasteiger charge is 2.29. The fourth-order valence-corrected chi connectivity index (χ4v) is 1.79. The van der Waals surface area contributed by atoms with Crippen LogP contribution in [0.5, 0.6) is 0 Å². The molecule has 78 valence electrons. The van der Waals surface area contributed by atoms with E-state index >= 15 is 0 Å². The predicted octanol–water partition coefficient (Wildman–Crippen LogP) is -1.12. The van der Waals surface area contributed by atoms with Crippen molar-refractivity contribution in [2.24, 2.45) is 11.5 Å². The van der Waals surface area contributed by atoms with Gasteiger partial charge in [0.2, 0.25) is 11.8 Å². The largest absolute Gasteiger partial charge is 0.368 e. The molecular formula is C7H11N3O3S. The number of nitrogens with zero attached hydrogens (tertiary/aromatic N) is 1. The van der Waals surface area contributed by atoms with Crippen LogP contribution in [0.15, 0.2) is 0 Å². The lowest BCUT2D eigenvalue weighted by atomic mass is 10.2. The molecule has 0 radical (unpaired) electrons. The minimum Gasteiger partial charge on any atom is -0.368 e. The fourth-order valence-electron chi connectivity index (χ4n) is 1.00. The first kappa shape index (κ1) is 11.0. The first-order chi connectivity index (χ1) is 6.52. The van der Waals surface area contributed by atoms with Gasteiger partial charge in [0.05, 0.1) is 6.54 Å². The van der Waals surface area contributed by atoms with Gasteiger partial charge in [-0.05, 0) is 0 Å². The van der Waals surface area contributed by atoms with Crippen molar-refractivity contribution in [1.29, 1.82) is 0 Å². The van der Waals surface area contributed by atoms with E-state index in [-0.39, 0.29) is 17.7 Å². The molecule has 1 aliphatic rings. The van der Waals surface area contributed by atoms with Gasteiger partial charge in [0.25, 0.3) is 5.24 Å². The molecule has 3 amide bonds. The molecular weight excluding hydrogens is 206 g/mol. The molecule has 0 bridgehead atoms. The Morgan fingerprint density at radius 3 is 2.71 bits per heavy atom. The van der Waals surface area contributed by atoms with E-state index in [1.807, 2.05) is 0 Å². The Labute approximate surface area is 85.0 Å². The Bertz CT molecular complexity index is 265. The van der Waals surface area contributed by atoms with Crippen LogP contribution in [0.2, 0.25) is 0 Å². The Balaban J connectivity index is 2.61. The van der Waals surface area contributed by atoms with E-state index in [4.69, 9.17) is 11.5 Å². The van der Waals surface area contributed by atoms with Crippen molar-refractivity contribution in [3.8, 4) is 0 Å². The van der Waals surface area contributed by atoms with Crippen molar-refractivity contribution in [3.05, 3.63) is 0 Å². The van der Waals surface area contributed by atoms with Crippen molar-refractivity contribution >= 4 is 28.8 Å². The number of amides is 3. The van der Waals surface area contributed by atoms with Crippen LogP contribution in [0.1, 0.15) is 6.42 Å². The first-order valence-corrected chi connectivity index (χ1v) is 5.03. The van der Waals surface area contributed by atoms with E-state index in [0.717, 1.165) is 16.7 Å². The summed E-state index contributed by atoms with van der Waals surface area (Å²) in [6.07, 6.45) is 0.294. The van der Waals surface area contributed by atoms with Gasteiger partial charge in [-0.15, -0.1) is 0 Å². The van der Waals surface area contributed by atoms with E-state index in [9.17, 15) is 14.4 Å². The van der Waals surface area contributed by atoms with Gasteiger partial charge in [0, 0.05) is 12.2 Å². The highest BCUT2D eigenvalue weighted by atomic mass is 32.2. The summed E-state index contributed by atoms with van der Waals surface area (Å²) in [6, 6.07) is -0.985. The van der Waals surface area contributed by atoms with Crippen LogP contribution in [0.4, 0.5) is 4.79 Å². The molecule has 14 heavy (non-hydrogen) atoms. The van der Waals surface area contributed by atoms with Crippen LogP contribution in [-0.2, 0) is 9.59 Å². The van der Waals surface area contributed by atoms with Crippen molar-refractivity contribution in [1.82, 2.24) is 4.90 Å². The zero-order valence-electron chi connectivity index (χ0n) is 7.43. The summed E-state index contributed by atoms with van der Waals surface area (Å²) in [5.41, 5.74) is 10.3. The summed E-state index contributed by atoms with van der Waals surface area (Å²) in [4.78, 5) is 34.1. The molecule has 1 rings (SSSR count). The molecule has 1 heterocycles. The highest BCUT2D eigenvalue weighted by molar-refractivity contribution is 8.13. The SMILES string of the molecule is NC(=O)C(N)CN1C(=O)CCSC1=O. The van der Waals surface area contributed by atoms with Gasteiger partial charge in [-0.3, -0.25) is 19.3 Å². The normalized spacial score (nSPS) is 19.6. The van der Waals surface area contributed by atoms with Gasteiger partial charge >= 0.3 is 0 Å². The van der Waals surface area contributed by atoms with Gasteiger partial charge in [-0.1, -0.05) is 11.8 Å². The first-order valence-electron chi connectivity index (χ1n) is 4.04. The molecule has 0 aromatic rings. The lowest BCUT2D eigenvalue weighted by Gasteiger charge is -2.25. The Hall–Kier alpha value is -1.08. The topological polar surface area (TPSA) is 106 Å². The molecule has 1 atom stereocenters. The lowest BCUT2D eigenvalue weighted by molar-refractivity contribution is -0.128. The van der Waals surface area contributed by atoms with Crippen LogP contribution < -0.4 is 11.5 Å². The number of carbonyl (C=O) groups excluding carboxylic acids is 3. The van der Waals surface area contributed by atoms with Gasteiger partial charge < -0.3 is 11.5 Å². The monoisotopic (exact) mass is 217 g/mol. The van der Waals surface area contributed by atoms with E-state index in [1.54, 1.807) is 0 Å². The molecule has 0 aliphatic carbocycles. The maximum absolute atomic E-state index is 11.2. The van der Waals surface area contributed by atoms with Crippen molar-refractivity contribution in [2.45, 2.75) is 12.5 Å². The van der Waals surface area contributed by atoms with Crippen molar-refractivity contribution in [3.63, 3.8) is 0 Å². The number of hydrogen-bond acceptors (Lipinski definition) is 5. The Kier molecular flexibility index (Phi) is 3.48. The smallest absolute Gasteiger partial charge is 0.288 e. The number of nitrogens with two attached hydrogens (primary N) is 2. The van der Waals surface area contributed by atoms with Gasteiger partial charge in [0.15, 0.2) is 0 Å². The summed E-state index contributed by atoms with van der Waals surface area (Å²) < 4.78 is 0. The van der Waals surface area contributed by atoms with E-state index < -0.39 is 11.9 Å². The molecule has 0 aromatic carbocycles. The highest BCUT2D eigenvalue weighted by Crippen LogP contribution is 2.18. The number of hydrogen-bond donors (Lipinski definition) is 2. The van der Waals surface area contributed by atoms with Crippen LogP contribution in [0.3, 0.4) is 0 Å². The third-order valence-corrected chi connectivity index (χ3v) is 2.68. The zero-order chi connectivity index (χ0) is 10.7. The Morgan fingerprint density at radius 2 is 2.21 bits per heavy atom. The van der Waals surface area contributed by atoms with E-state index in [0.29, 0.717) is 12.2 Å². The summed E-state index contributed by atoms with van der Waals surface area (Å²) in [6.45, 7) is -0.125. The number of rotatable bonds is 3. The molecule has 0 saturated carbocycles. The van der Waals surface area contributed by atoms with Gasteiger partial charge in [0.1, 0.15) is 6.04 Å². The minimum absolute atomic E-state index is 0.125. The number of thioether (sulfide) groups is 1. The summed E-state index contributed by atoms with van der Waals surface area (Å²) in [5, 5.41) is -0.363. The number of primary amides is 1. The molecule has 0 spiro atoms. The third-order valence-electron chi connectivity index (χ3n) is 1.81. The molecule has 1 saturated heterocycles. The quantitative estimate of drug-likeness (QED) is 0.623. The summed E-state index contributed by atoms with van der Waals surface area (Å²) in [7, 11) is 0. The third kappa shape index (κ3) is 2.46. The number of imide groups is 1. The molecule has 1 fully saturated rings. The van der Waals surface area contributed by atoms with Crippen molar-refractivity contribution in [2.75, 3.05) is 12.3 Å². The summed E-state index contributed by atoms with van der Waals surface area (Å²) in [5.74, 6) is -0.536. The zero-order valence-corrected chi connectivity index (χ0v) is 8.25. The second-order valence-corrected chi connectivity index (χ2v) is 3.92. The van der Waals surface area contributed by atoms with E-state index in [2.05, 4.69) is 0 Å². The maximum atomic E-state index is 11.2. The van der Waals surface area contributed by atoms with Crippen LogP contribution >= 0.6 is 11.8 Å². The standard InChI is InChI=1S/C7H11N3O3S/c8-4(6(9)12)3-10-5(11)1-2-14-7(10)13/h4H,1-3,8H2,(H2,9,12). The van der Waals surface area contributed by atoms with Crippen LogP contribution in [-0.4, -0.2) is 40.3 Å². The summed E-state index contributed by atoms with van der Waals surface area (Å²) >= 11 is 1.04. The van der Waals surface area contributed by atoms with Gasteiger partial charge in [-0.2, -0.15) is 0 Å². The molecule has 7 heteroatoms. The second-order valence-electron chi connectivity index (χ2n) is 2.88. The average molecular weight is 217 g/mol. The molecule has 6 nitrogen and oxygen atoms in total. The minimum atomic E-state index is -0.985. The second kappa shape index (κ2) is 4.43. The van der Waals surface area contributed by atoms with Crippen molar-refractivity contribution < 1.29 is 14.4 Å². The average Bonchev–Trinajstić information content (AvgIpc) is 2.11. The van der Waals surface area contributed by atoms with Gasteiger partial charge in [-0.25, -0.2) is 0 Å².